The van der Waals surface area contributed by atoms with E-state index in [0.717, 1.165) is 12.0 Å². The quantitative estimate of drug-likeness (QED) is 0.359. The van der Waals surface area contributed by atoms with Gasteiger partial charge in [-0.05, 0) is 42.2 Å². The fourth-order valence-electron chi connectivity index (χ4n) is 2.91. The minimum atomic E-state index is -1.00. The van der Waals surface area contributed by atoms with Crippen LogP contribution in [0.2, 0.25) is 0 Å². The second-order valence-electron chi connectivity index (χ2n) is 5.42. The summed E-state index contributed by atoms with van der Waals surface area (Å²) in [7, 11) is 0. The van der Waals surface area contributed by atoms with E-state index in [1.54, 1.807) is 6.92 Å². The highest BCUT2D eigenvalue weighted by Gasteiger charge is 2.60. The molecule has 0 amide bonds. The van der Waals surface area contributed by atoms with E-state index in [2.05, 4.69) is 18.6 Å². The fourth-order valence-corrected chi connectivity index (χ4v) is 2.91. The molecule has 18 heavy (non-hydrogen) atoms. The number of hydrogen-bond acceptors (Lipinski definition) is 4. The highest BCUT2D eigenvalue weighted by atomic mass is 16.5. The average molecular weight is 250 g/mol. The van der Waals surface area contributed by atoms with Crippen LogP contribution in [0.25, 0.3) is 0 Å². The molecule has 0 radical (unpaired) electrons. The summed E-state index contributed by atoms with van der Waals surface area (Å²) in [6, 6.07) is 0. The van der Waals surface area contributed by atoms with E-state index in [9.17, 15) is 14.7 Å². The van der Waals surface area contributed by atoms with Crippen LogP contribution in [0.5, 0.6) is 0 Å². The summed E-state index contributed by atoms with van der Waals surface area (Å²) in [6.45, 7) is 6.09. The normalized spacial score (nSPS) is 28.4. The van der Waals surface area contributed by atoms with Crippen LogP contribution >= 0.6 is 0 Å². The fraction of sp³-hybridized carbons (Fsp3) is 0.571. The molecule has 0 heterocycles. The highest BCUT2D eigenvalue weighted by molar-refractivity contribution is 6.39. The van der Waals surface area contributed by atoms with E-state index >= 15 is 0 Å². The largest absolute Gasteiger partial charge is 0.504 e. The van der Waals surface area contributed by atoms with Crippen LogP contribution in [0.15, 0.2) is 23.5 Å². The summed E-state index contributed by atoms with van der Waals surface area (Å²) in [5.41, 5.74) is 1.20. The molecule has 1 saturated carbocycles. The first kappa shape index (κ1) is 12.9. The van der Waals surface area contributed by atoms with E-state index in [0.29, 0.717) is 11.8 Å². The van der Waals surface area contributed by atoms with Crippen LogP contribution in [0.1, 0.15) is 27.2 Å². The van der Waals surface area contributed by atoms with Crippen molar-refractivity contribution in [1.82, 2.24) is 0 Å². The van der Waals surface area contributed by atoms with Crippen molar-refractivity contribution in [1.29, 1.82) is 0 Å². The maximum Gasteiger partial charge on any atom is 0.383 e. The number of fused-ring (bicyclic) bond motifs is 1. The lowest BCUT2D eigenvalue weighted by Crippen LogP contribution is -2.19. The Balaban J connectivity index is 2.06. The second-order valence-corrected chi connectivity index (χ2v) is 5.42. The van der Waals surface area contributed by atoms with Gasteiger partial charge in [-0.3, -0.25) is 4.79 Å². The average Bonchev–Trinajstić information content (AvgIpc) is 2.68. The third-order valence-corrected chi connectivity index (χ3v) is 4.01. The molecule has 4 nitrogen and oxygen atoms in total. The summed E-state index contributed by atoms with van der Waals surface area (Å²) in [5.74, 6) is -1.50. The molecule has 2 unspecified atom stereocenters. The number of carbonyl (C=O) groups excluding carboxylic acids is 2. The van der Waals surface area contributed by atoms with Crippen molar-refractivity contribution >= 4 is 11.8 Å². The van der Waals surface area contributed by atoms with E-state index in [1.807, 2.05) is 6.08 Å². The van der Waals surface area contributed by atoms with Crippen LogP contribution in [-0.4, -0.2) is 23.5 Å². The Bertz CT molecular complexity index is 456. The number of hydrogen-bond donors (Lipinski definition) is 1. The Morgan fingerprint density at radius 3 is 2.72 bits per heavy atom. The van der Waals surface area contributed by atoms with Crippen molar-refractivity contribution in [3.8, 4) is 0 Å². The van der Waals surface area contributed by atoms with Crippen molar-refractivity contribution < 1.29 is 19.4 Å². The van der Waals surface area contributed by atoms with Gasteiger partial charge in [-0.2, -0.15) is 0 Å². The molecule has 1 fully saturated rings. The van der Waals surface area contributed by atoms with E-state index in [4.69, 9.17) is 0 Å². The summed E-state index contributed by atoms with van der Waals surface area (Å²) >= 11 is 0. The Morgan fingerprint density at radius 2 is 2.22 bits per heavy atom. The molecule has 0 aromatic carbocycles. The molecular formula is C14H18O4. The first-order valence-corrected chi connectivity index (χ1v) is 6.21. The number of aliphatic hydroxyl groups is 1. The van der Waals surface area contributed by atoms with Gasteiger partial charge in [-0.15, -0.1) is 0 Å². The molecule has 0 aromatic rings. The van der Waals surface area contributed by atoms with Crippen molar-refractivity contribution in [2.24, 2.45) is 17.3 Å². The van der Waals surface area contributed by atoms with E-state index in [1.165, 1.54) is 6.08 Å². The Hall–Kier alpha value is -1.58. The van der Waals surface area contributed by atoms with Gasteiger partial charge < -0.3 is 9.84 Å². The van der Waals surface area contributed by atoms with Gasteiger partial charge in [0.1, 0.15) is 0 Å². The zero-order valence-corrected chi connectivity index (χ0v) is 10.9. The Labute approximate surface area is 106 Å². The van der Waals surface area contributed by atoms with Crippen LogP contribution in [-0.2, 0) is 14.3 Å². The van der Waals surface area contributed by atoms with E-state index < -0.39 is 17.5 Å². The van der Waals surface area contributed by atoms with Crippen LogP contribution in [0.3, 0.4) is 0 Å². The molecule has 1 N–H and O–H groups in total. The third kappa shape index (κ3) is 1.96. The molecule has 0 bridgehead atoms. The van der Waals surface area contributed by atoms with Crippen molar-refractivity contribution in [3.63, 3.8) is 0 Å². The summed E-state index contributed by atoms with van der Waals surface area (Å²) in [4.78, 5) is 22.7. The maximum absolute atomic E-state index is 11.5. The summed E-state index contributed by atoms with van der Waals surface area (Å²) in [6.07, 6.45) is 4.41. The van der Waals surface area contributed by atoms with Gasteiger partial charge in [-0.1, -0.05) is 19.9 Å². The topological polar surface area (TPSA) is 63.6 Å². The third-order valence-electron chi connectivity index (χ3n) is 4.01. The first-order valence-electron chi connectivity index (χ1n) is 6.21. The van der Waals surface area contributed by atoms with Crippen molar-refractivity contribution in [2.75, 3.05) is 6.61 Å². The van der Waals surface area contributed by atoms with Crippen molar-refractivity contribution in [2.45, 2.75) is 27.2 Å². The minimum absolute atomic E-state index is 0.123. The maximum atomic E-state index is 11.5. The number of aliphatic hydroxyl groups excluding tert-OH is 1. The number of ether oxygens (including phenoxy) is 1. The molecule has 2 atom stereocenters. The highest BCUT2D eigenvalue weighted by Crippen LogP contribution is 2.67. The van der Waals surface area contributed by atoms with Crippen LogP contribution < -0.4 is 0 Å². The predicted octanol–water partition coefficient (Wildman–Crippen LogP) is 2.16. The van der Waals surface area contributed by atoms with E-state index in [-0.39, 0.29) is 12.0 Å². The first-order chi connectivity index (χ1) is 8.39. The molecule has 0 spiro atoms. The van der Waals surface area contributed by atoms with Crippen LogP contribution in [0, 0.1) is 17.3 Å². The number of Topliss-reactive ketones (excluding diaryl/α,β-unsaturated/α-hetero) is 1. The van der Waals surface area contributed by atoms with Gasteiger partial charge >= 0.3 is 11.8 Å². The Morgan fingerprint density at radius 1 is 1.56 bits per heavy atom. The molecule has 98 valence electrons. The van der Waals surface area contributed by atoms with Gasteiger partial charge in [0.15, 0.2) is 5.76 Å². The lowest BCUT2D eigenvalue weighted by Gasteiger charge is -2.07. The molecule has 2 rings (SSSR count). The van der Waals surface area contributed by atoms with Gasteiger partial charge in [0.2, 0.25) is 0 Å². The number of rotatable bonds is 4. The molecule has 2 aliphatic rings. The lowest BCUT2D eigenvalue weighted by molar-refractivity contribution is -0.152. The zero-order valence-electron chi connectivity index (χ0n) is 10.9. The Kier molecular flexibility index (Phi) is 3.05. The number of ketones is 1. The predicted molar refractivity (Wildman–Crippen MR) is 65.8 cm³/mol. The molecule has 0 aromatic heterocycles. The summed E-state index contributed by atoms with van der Waals surface area (Å²) in [5, 5.41) is 9.65. The van der Waals surface area contributed by atoms with Gasteiger partial charge in [0.25, 0.3) is 0 Å². The number of allylic oxidation sites excluding steroid dienone is 3. The number of esters is 1. The second kappa shape index (κ2) is 4.26. The SMILES string of the molecule is CCOC(=O)C(=O)C(O)=CC1=CCC2C1C2(C)C. The zero-order chi connectivity index (χ0) is 13.5. The molecule has 4 heteroatoms. The van der Waals surface area contributed by atoms with Gasteiger partial charge in [-0.25, -0.2) is 4.79 Å². The standard InChI is InChI=1S/C14H18O4/c1-4-18-13(17)12(16)10(15)7-8-5-6-9-11(8)14(9,2)3/h5,7,9,11,15H,4,6H2,1-3H3. The monoisotopic (exact) mass is 250 g/mol. The molecular weight excluding hydrogens is 232 g/mol. The minimum Gasteiger partial charge on any atom is -0.504 e. The van der Waals surface area contributed by atoms with Crippen molar-refractivity contribution in [3.05, 3.63) is 23.5 Å². The number of carbonyl (C=O) groups is 2. The lowest BCUT2D eigenvalue weighted by atomic mass is 9.99. The molecule has 0 saturated heterocycles. The van der Waals surface area contributed by atoms with Crippen LogP contribution in [0.4, 0.5) is 0 Å². The summed E-state index contributed by atoms with van der Waals surface area (Å²) < 4.78 is 4.56. The smallest absolute Gasteiger partial charge is 0.383 e. The molecule has 2 aliphatic carbocycles. The van der Waals surface area contributed by atoms with Gasteiger partial charge in [0, 0.05) is 0 Å². The van der Waals surface area contributed by atoms with Gasteiger partial charge in [0.05, 0.1) is 6.61 Å². The molecule has 0 aliphatic heterocycles.